The van der Waals surface area contributed by atoms with E-state index in [1.807, 2.05) is 24.3 Å². The lowest BCUT2D eigenvalue weighted by molar-refractivity contribution is 0.382. The zero-order chi connectivity index (χ0) is 10.7. The molecule has 2 atom stereocenters. The lowest BCUT2D eigenvalue weighted by Crippen LogP contribution is -2.16. The number of fused-ring (bicyclic) bond motifs is 1. The van der Waals surface area contributed by atoms with Crippen molar-refractivity contribution in [2.24, 2.45) is 0 Å². The molecule has 1 aromatic rings. The number of nitrogen functional groups attached to an aromatic ring is 1. The molecule has 2 saturated heterocycles. The molecule has 2 fully saturated rings. The number of nitrogens with zero attached hydrogens (tertiary/aromatic N) is 1. The molecule has 2 aliphatic rings. The van der Waals surface area contributed by atoms with Gasteiger partial charge in [0.05, 0.1) is 0 Å². The molecule has 2 aliphatic heterocycles. The largest absolute Gasteiger partial charge is 0.399 e. The summed E-state index contributed by atoms with van der Waals surface area (Å²) in [5.74, 6) is 0. The van der Waals surface area contributed by atoms with E-state index in [0.29, 0.717) is 0 Å². The minimum Gasteiger partial charge on any atom is -0.399 e. The highest BCUT2D eigenvalue weighted by Crippen LogP contribution is 2.30. The van der Waals surface area contributed by atoms with E-state index in [1.54, 1.807) is 0 Å². The Morgan fingerprint density at radius 1 is 1.29 bits per heavy atom. The van der Waals surface area contributed by atoms with Gasteiger partial charge in [-0.3, -0.25) is 4.90 Å². The number of rotatable bonds is 2. The lowest BCUT2D eigenvalue weighted by atomic mass is 10.3. The SMILES string of the molecule is C1CN2CC12.CCNc1ccc(N)cc1.Cl.Cl. The van der Waals surface area contributed by atoms with Crippen LogP contribution in [0, 0.1) is 0 Å². The van der Waals surface area contributed by atoms with Crippen LogP contribution in [0.2, 0.25) is 0 Å². The van der Waals surface area contributed by atoms with Crippen LogP contribution in [0.1, 0.15) is 13.3 Å². The lowest BCUT2D eigenvalue weighted by Gasteiger charge is -2.08. The first-order chi connectivity index (χ1) is 7.29. The van der Waals surface area contributed by atoms with E-state index < -0.39 is 0 Å². The Balaban J connectivity index is 0.000000309. The molecule has 0 amide bonds. The first-order valence-electron chi connectivity index (χ1n) is 5.63. The van der Waals surface area contributed by atoms with E-state index in [-0.39, 0.29) is 24.8 Å². The maximum atomic E-state index is 5.50. The molecule has 3 nitrogen and oxygen atoms in total. The Hall–Kier alpha value is -0.640. The third-order valence-electron chi connectivity index (χ3n) is 2.87. The Labute approximate surface area is 116 Å². The van der Waals surface area contributed by atoms with Crippen molar-refractivity contribution in [2.45, 2.75) is 19.4 Å². The van der Waals surface area contributed by atoms with E-state index >= 15 is 0 Å². The fraction of sp³-hybridized carbons (Fsp3) is 0.500. The number of halogens is 2. The van der Waals surface area contributed by atoms with E-state index in [9.17, 15) is 0 Å². The normalized spacial score (nSPS) is 22.4. The minimum absolute atomic E-state index is 0. The summed E-state index contributed by atoms with van der Waals surface area (Å²) < 4.78 is 0. The van der Waals surface area contributed by atoms with Gasteiger partial charge >= 0.3 is 0 Å². The Morgan fingerprint density at radius 3 is 2.18 bits per heavy atom. The van der Waals surface area contributed by atoms with Crippen LogP contribution in [0.25, 0.3) is 0 Å². The van der Waals surface area contributed by atoms with Crippen LogP contribution < -0.4 is 11.1 Å². The van der Waals surface area contributed by atoms with Crippen LogP contribution >= 0.6 is 24.8 Å². The molecule has 0 aromatic heterocycles. The summed E-state index contributed by atoms with van der Waals surface area (Å²) in [4.78, 5) is 2.47. The average molecular weight is 278 g/mol. The fourth-order valence-electron chi connectivity index (χ4n) is 1.71. The predicted octanol–water partition coefficient (Wildman–Crippen LogP) is 2.62. The molecule has 0 radical (unpaired) electrons. The Morgan fingerprint density at radius 2 is 1.88 bits per heavy atom. The van der Waals surface area contributed by atoms with E-state index in [1.165, 1.54) is 19.5 Å². The fourth-order valence-corrected chi connectivity index (χ4v) is 1.71. The molecule has 3 rings (SSSR count). The molecule has 98 valence electrons. The molecule has 0 spiro atoms. The molecule has 0 saturated carbocycles. The third kappa shape index (κ3) is 5.02. The molecule has 0 aliphatic carbocycles. The van der Waals surface area contributed by atoms with Gasteiger partial charge in [-0.1, -0.05) is 0 Å². The highest BCUT2D eigenvalue weighted by atomic mass is 35.5. The average Bonchev–Trinajstić information content (AvgIpc) is 2.79. The number of hydrogen-bond acceptors (Lipinski definition) is 3. The number of nitrogens with one attached hydrogen (secondary N) is 1. The van der Waals surface area contributed by atoms with Crippen molar-refractivity contribution in [3.63, 3.8) is 0 Å². The molecule has 3 N–H and O–H groups in total. The van der Waals surface area contributed by atoms with Gasteiger partial charge in [0.1, 0.15) is 0 Å². The van der Waals surface area contributed by atoms with Gasteiger partial charge in [-0.2, -0.15) is 0 Å². The van der Waals surface area contributed by atoms with Crippen LogP contribution in [0.15, 0.2) is 24.3 Å². The van der Waals surface area contributed by atoms with Crippen molar-refractivity contribution in [2.75, 3.05) is 30.7 Å². The van der Waals surface area contributed by atoms with Crippen molar-refractivity contribution >= 4 is 36.2 Å². The molecule has 2 unspecified atom stereocenters. The van der Waals surface area contributed by atoms with Gasteiger partial charge in [0.2, 0.25) is 0 Å². The van der Waals surface area contributed by atoms with E-state index in [2.05, 4.69) is 17.1 Å². The first kappa shape index (κ1) is 16.4. The second kappa shape index (κ2) is 7.64. The van der Waals surface area contributed by atoms with Crippen molar-refractivity contribution in [3.05, 3.63) is 24.3 Å². The van der Waals surface area contributed by atoms with Crippen molar-refractivity contribution in [3.8, 4) is 0 Å². The summed E-state index contributed by atoms with van der Waals surface area (Å²) in [6, 6.07) is 8.78. The predicted molar refractivity (Wildman–Crippen MR) is 79.5 cm³/mol. The summed E-state index contributed by atoms with van der Waals surface area (Å²) in [5, 5.41) is 3.18. The van der Waals surface area contributed by atoms with Crippen LogP contribution in [-0.4, -0.2) is 30.6 Å². The second-order valence-corrected chi connectivity index (χ2v) is 4.09. The molecular formula is C12H21Cl2N3. The number of anilines is 2. The monoisotopic (exact) mass is 277 g/mol. The molecule has 17 heavy (non-hydrogen) atoms. The topological polar surface area (TPSA) is 41.1 Å². The third-order valence-corrected chi connectivity index (χ3v) is 2.87. The van der Waals surface area contributed by atoms with Crippen LogP contribution in [-0.2, 0) is 0 Å². The quantitative estimate of drug-likeness (QED) is 0.645. The van der Waals surface area contributed by atoms with Crippen molar-refractivity contribution in [1.29, 1.82) is 0 Å². The highest BCUT2D eigenvalue weighted by Gasteiger charge is 2.41. The minimum atomic E-state index is 0. The molecular weight excluding hydrogens is 257 g/mol. The zero-order valence-electron chi connectivity index (χ0n) is 10.1. The molecule has 0 bridgehead atoms. The van der Waals surface area contributed by atoms with E-state index in [4.69, 9.17) is 5.73 Å². The van der Waals surface area contributed by atoms with Gasteiger partial charge in [-0.15, -0.1) is 24.8 Å². The number of hydrogen-bond donors (Lipinski definition) is 2. The molecule has 1 aromatic carbocycles. The van der Waals surface area contributed by atoms with Gasteiger partial charge in [0.15, 0.2) is 0 Å². The van der Waals surface area contributed by atoms with Gasteiger partial charge < -0.3 is 11.1 Å². The smallest absolute Gasteiger partial charge is 0.0341 e. The van der Waals surface area contributed by atoms with Gasteiger partial charge in [0.25, 0.3) is 0 Å². The highest BCUT2D eigenvalue weighted by molar-refractivity contribution is 5.85. The first-order valence-corrected chi connectivity index (χ1v) is 5.63. The van der Waals surface area contributed by atoms with Gasteiger partial charge in [-0.25, -0.2) is 0 Å². The zero-order valence-corrected chi connectivity index (χ0v) is 11.7. The molecule has 5 heteroatoms. The van der Waals surface area contributed by atoms with Crippen LogP contribution in [0.4, 0.5) is 11.4 Å². The summed E-state index contributed by atoms with van der Waals surface area (Å²) >= 11 is 0. The Bertz CT molecular complexity index is 304. The van der Waals surface area contributed by atoms with E-state index in [0.717, 1.165) is 24.0 Å². The summed E-state index contributed by atoms with van der Waals surface area (Å²) in [6.07, 6.45) is 1.49. The van der Waals surface area contributed by atoms with Crippen molar-refractivity contribution in [1.82, 2.24) is 4.90 Å². The number of nitrogens with two attached hydrogens (primary N) is 1. The number of benzene rings is 1. The van der Waals surface area contributed by atoms with Crippen LogP contribution in [0.3, 0.4) is 0 Å². The standard InChI is InChI=1S/C8H12N2.C4H7N.2ClH/c1-2-10-8-5-3-7(9)4-6-8;1-2-5-3-4(1)5;;/h3-6,10H,2,9H2,1H3;4H,1-3H2;2*1H. The maximum absolute atomic E-state index is 5.50. The molecule has 2 heterocycles. The van der Waals surface area contributed by atoms with Gasteiger partial charge in [-0.05, 0) is 37.6 Å². The van der Waals surface area contributed by atoms with Crippen molar-refractivity contribution < 1.29 is 0 Å². The summed E-state index contributed by atoms with van der Waals surface area (Å²) in [7, 11) is 0. The Kier molecular flexibility index (Phi) is 7.35. The maximum Gasteiger partial charge on any atom is 0.0341 e. The summed E-state index contributed by atoms with van der Waals surface area (Å²) in [6.45, 7) is 5.82. The summed E-state index contributed by atoms with van der Waals surface area (Å²) in [5.41, 5.74) is 7.42. The second-order valence-electron chi connectivity index (χ2n) is 4.09. The van der Waals surface area contributed by atoms with Crippen LogP contribution in [0.5, 0.6) is 0 Å². The van der Waals surface area contributed by atoms with Gasteiger partial charge in [0, 0.05) is 37.1 Å².